The summed E-state index contributed by atoms with van der Waals surface area (Å²) < 4.78 is 0. The topological polar surface area (TPSA) is 139 Å². The second-order valence-electron chi connectivity index (χ2n) is 11.9. The molecule has 1 aliphatic carbocycles. The zero-order chi connectivity index (χ0) is 31.5. The van der Waals surface area contributed by atoms with Gasteiger partial charge in [-0.25, -0.2) is 0 Å². The van der Waals surface area contributed by atoms with Gasteiger partial charge in [0.25, 0.3) is 0 Å². The molecule has 1 saturated heterocycles. The number of hydrogen-bond acceptors (Lipinski definition) is 7. The van der Waals surface area contributed by atoms with Gasteiger partial charge in [0.15, 0.2) is 0 Å². The Bertz CT molecular complexity index is 1580. The SMILES string of the molecule is CC(C)C1=C([C@H](O)CC/C(=C/c2cccc(O)c2)c2ccccc2)[C@H](CO)[C@@H]2C(=O)N(c3cccc(B(O)O)c3)C(=O)[C@@H]2C1. The van der Waals surface area contributed by atoms with E-state index in [1.807, 2.05) is 56.3 Å². The number of aromatic hydroxyl groups is 1. The zero-order valence-corrected chi connectivity index (χ0v) is 24.9. The Morgan fingerprint density at radius 2 is 1.70 bits per heavy atom. The van der Waals surface area contributed by atoms with Crippen LogP contribution in [-0.2, 0) is 9.59 Å². The van der Waals surface area contributed by atoms with Crippen LogP contribution in [-0.4, -0.2) is 57.0 Å². The molecular weight excluding hydrogens is 557 g/mol. The minimum Gasteiger partial charge on any atom is -0.508 e. The molecule has 0 spiro atoms. The lowest BCUT2D eigenvalue weighted by Crippen LogP contribution is -2.40. The van der Waals surface area contributed by atoms with Crippen molar-refractivity contribution in [3.05, 3.63) is 101 Å². The number of phenols is 1. The smallest absolute Gasteiger partial charge is 0.488 e. The number of hydrogen-bond donors (Lipinski definition) is 5. The summed E-state index contributed by atoms with van der Waals surface area (Å²) in [7, 11) is -1.76. The van der Waals surface area contributed by atoms with Crippen molar-refractivity contribution in [3.63, 3.8) is 0 Å². The summed E-state index contributed by atoms with van der Waals surface area (Å²) in [6.07, 6.45) is 2.11. The standard InChI is InChI=1S/C35H38BNO7/c1-21(2)28-19-29-33(35(42)37(34(29)41)26-12-7-11-25(18-26)36(43)44)30(20-38)32(28)31(40)15-14-24(23-9-4-3-5-10-23)16-22-8-6-13-27(39)17-22/h3-13,16-18,21,29-31,33,38-40,43-44H,14-15,19-20H2,1-2H3/b24-16-/t29-,30+,31-,33-/m1/s1. The lowest BCUT2D eigenvalue weighted by molar-refractivity contribution is -0.123. The molecule has 5 rings (SSSR count). The molecule has 1 heterocycles. The highest BCUT2D eigenvalue weighted by atomic mass is 16.4. The third-order valence-electron chi connectivity index (χ3n) is 8.84. The average molecular weight is 596 g/mol. The minimum absolute atomic E-state index is 0.0316. The molecule has 5 N–H and O–H groups in total. The third-order valence-corrected chi connectivity index (χ3v) is 8.84. The largest absolute Gasteiger partial charge is 0.508 e. The maximum atomic E-state index is 13.9. The lowest BCUT2D eigenvalue weighted by atomic mass is 9.66. The van der Waals surface area contributed by atoms with Crippen LogP contribution in [0, 0.1) is 23.7 Å². The van der Waals surface area contributed by atoms with Crippen LogP contribution in [0.4, 0.5) is 5.69 Å². The number of aliphatic hydroxyl groups excluding tert-OH is 2. The Balaban J connectivity index is 1.46. The molecule has 2 aliphatic rings. The van der Waals surface area contributed by atoms with Crippen molar-refractivity contribution in [2.45, 2.75) is 39.2 Å². The Morgan fingerprint density at radius 3 is 2.36 bits per heavy atom. The summed E-state index contributed by atoms with van der Waals surface area (Å²) in [6, 6.07) is 22.8. The predicted molar refractivity (Wildman–Crippen MR) is 170 cm³/mol. The van der Waals surface area contributed by atoms with Gasteiger partial charge in [0.1, 0.15) is 5.75 Å². The second-order valence-corrected chi connectivity index (χ2v) is 11.9. The quantitative estimate of drug-likeness (QED) is 0.105. The number of benzene rings is 3. The van der Waals surface area contributed by atoms with Gasteiger partial charge in [0.2, 0.25) is 11.8 Å². The van der Waals surface area contributed by atoms with Crippen molar-refractivity contribution < 1.29 is 35.0 Å². The fourth-order valence-electron chi connectivity index (χ4n) is 6.74. The number of phenolic OH excluding ortho intramolecular Hbond substituents is 1. The molecule has 9 heteroatoms. The summed E-state index contributed by atoms with van der Waals surface area (Å²) in [5, 5.41) is 51.7. The highest BCUT2D eigenvalue weighted by molar-refractivity contribution is 6.58. The van der Waals surface area contributed by atoms with Gasteiger partial charge in [-0.15, -0.1) is 0 Å². The molecule has 4 atom stereocenters. The number of nitrogens with zero attached hydrogens (tertiary/aromatic N) is 1. The Labute approximate surface area is 257 Å². The van der Waals surface area contributed by atoms with Crippen LogP contribution in [0.2, 0.25) is 0 Å². The van der Waals surface area contributed by atoms with Crippen molar-refractivity contribution in [3.8, 4) is 5.75 Å². The van der Waals surface area contributed by atoms with Crippen molar-refractivity contribution in [2.24, 2.45) is 23.7 Å². The average Bonchev–Trinajstić information content (AvgIpc) is 3.27. The Hall–Kier alpha value is -4.02. The molecular formula is C35H38BNO7. The van der Waals surface area contributed by atoms with Crippen molar-refractivity contribution in [2.75, 3.05) is 11.5 Å². The van der Waals surface area contributed by atoms with Crippen LogP contribution in [0.5, 0.6) is 5.75 Å². The summed E-state index contributed by atoms with van der Waals surface area (Å²) >= 11 is 0. The molecule has 0 bridgehead atoms. The molecule has 0 saturated carbocycles. The first kappa shape index (κ1) is 31.4. The normalized spacial score (nSPS) is 21.2. The van der Waals surface area contributed by atoms with Gasteiger partial charge in [-0.2, -0.15) is 0 Å². The Kier molecular flexibility index (Phi) is 9.51. The van der Waals surface area contributed by atoms with Crippen LogP contribution in [0.15, 0.2) is 90.0 Å². The van der Waals surface area contributed by atoms with Gasteiger partial charge in [0, 0.05) is 5.92 Å². The van der Waals surface area contributed by atoms with E-state index in [0.29, 0.717) is 24.8 Å². The van der Waals surface area contributed by atoms with Crippen LogP contribution in [0.25, 0.3) is 11.6 Å². The predicted octanol–water partition coefficient (Wildman–Crippen LogP) is 3.52. The second kappa shape index (κ2) is 13.3. The van der Waals surface area contributed by atoms with Gasteiger partial charge in [-0.05, 0) is 77.2 Å². The molecule has 8 nitrogen and oxygen atoms in total. The Morgan fingerprint density at radius 1 is 0.977 bits per heavy atom. The minimum atomic E-state index is -1.76. The molecule has 1 fully saturated rings. The van der Waals surface area contributed by atoms with Crippen LogP contribution < -0.4 is 10.4 Å². The number of amides is 2. The van der Waals surface area contributed by atoms with Crippen molar-refractivity contribution in [1.29, 1.82) is 0 Å². The molecule has 1 aliphatic heterocycles. The zero-order valence-electron chi connectivity index (χ0n) is 24.9. The summed E-state index contributed by atoms with van der Waals surface area (Å²) in [4.78, 5) is 28.6. The number of carbonyl (C=O) groups is 2. The van der Waals surface area contributed by atoms with E-state index in [9.17, 15) is 35.0 Å². The number of imide groups is 1. The maximum absolute atomic E-state index is 13.9. The van der Waals surface area contributed by atoms with Gasteiger partial charge in [-0.3, -0.25) is 14.5 Å². The molecule has 44 heavy (non-hydrogen) atoms. The van der Waals surface area contributed by atoms with Crippen molar-refractivity contribution in [1.82, 2.24) is 0 Å². The van der Waals surface area contributed by atoms with E-state index >= 15 is 0 Å². The summed E-state index contributed by atoms with van der Waals surface area (Å²) in [5.41, 5.74) is 4.65. The first-order valence-electron chi connectivity index (χ1n) is 15.0. The lowest BCUT2D eigenvalue weighted by Gasteiger charge is -2.38. The number of rotatable bonds is 10. The van der Waals surface area contributed by atoms with Gasteiger partial charge < -0.3 is 25.4 Å². The van der Waals surface area contributed by atoms with Crippen LogP contribution in [0.3, 0.4) is 0 Å². The van der Waals surface area contributed by atoms with Gasteiger partial charge in [-0.1, -0.05) is 80.1 Å². The summed E-state index contributed by atoms with van der Waals surface area (Å²) in [5.74, 6) is -3.02. The van der Waals surface area contributed by atoms with Crippen LogP contribution >= 0.6 is 0 Å². The number of fused-ring (bicyclic) bond motifs is 1. The highest BCUT2D eigenvalue weighted by Crippen LogP contribution is 2.49. The molecule has 2 amide bonds. The molecule has 3 aromatic rings. The van der Waals surface area contributed by atoms with E-state index in [4.69, 9.17) is 0 Å². The van der Waals surface area contributed by atoms with E-state index in [0.717, 1.165) is 27.2 Å². The van der Waals surface area contributed by atoms with E-state index in [-0.39, 0.29) is 22.8 Å². The number of aliphatic hydroxyl groups is 2. The third kappa shape index (κ3) is 6.28. The first-order chi connectivity index (χ1) is 21.1. The highest BCUT2D eigenvalue weighted by Gasteiger charge is 2.55. The monoisotopic (exact) mass is 595 g/mol. The first-order valence-corrected chi connectivity index (χ1v) is 15.0. The fourth-order valence-corrected chi connectivity index (χ4v) is 6.74. The van der Waals surface area contributed by atoms with Gasteiger partial charge >= 0.3 is 7.12 Å². The number of anilines is 1. The maximum Gasteiger partial charge on any atom is 0.488 e. The molecule has 228 valence electrons. The van der Waals surface area contributed by atoms with E-state index in [1.54, 1.807) is 30.3 Å². The summed E-state index contributed by atoms with van der Waals surface area (Å²) in [6.45, 7) is 3.56. The molecule has 0 unspecified atom stereocenters. The number of carbonyl (C=O) groups excluding carboxylic acids is 2. The van der Waals surface area contributed by atoms with Crippen LogP contribution in [0.1, 0.15) is 44.2 Å². The van der Waals surface area contributed by atoms with E-state index in [1.165, 1.54) is 12.1 Å². The molecule has 0 radical (unpaired) electrons. The van der Waals surface area contributed by atoms with E-state index in [2.05, 4.69) is 0 Å². The molecule has 3 aromatic carbocycles. The van der Waals surface area contributed by atoms with E-state index < -0.39 is 49.4 Å². The molecule has 0 aromatic heterocycles. The van der Waals surface area contributed by atoms with Gasteiger partial charge in [0.05, 0.1) is 30.2 Å². The fraction of sp³-hybridized carbons (Fsp3) is 0.314. The van der Waals surface area contributed by atoms with Crippen molar-refractivity contribution >= 4 is 41.7 Å². The number of allylic oxidation sites excluding steroid dienone is 2.